The number of rotatable bonds is 3. The summed E-state index contributed by atoms with van der Waals surface area (Å²) < 4.78 is 13.7. The molecule has 1 aromatic heterocycles. The smallest absolute Gasteiger partial charge is 0.140 e. The monoisotopic (exact) mass is 332 g/mol. The Bertz CT molecular complexity index is 1050. The first-order valence-corrected chi connectivity index (χ1v) is 8.10. The number of halogens is 1. The van der Waals surface area contributed by atoms with Gasteiger partial charge in [-0.3, -0.25) is 0 Å². The Balaban J connectivity index is 1.67. The summed E-state index contributed by atoms with van der Waals surface area (Å²) in [6, 6.07) is 19.0. The highest BCUT2D eigenvalue weighted by atomic mass is 19.1. The van der Waals surface area contributed by atoms with Crippen LogP contribution < -0.4 is 0 Å². The van der Waals surface area contributed by atoms with Crippen molar-refractivity contribution < 1.29 is 9.50 Å². The van der Waals surface area contributed by atoms with Crippen molar-refractivity contribution in [3.63, 3.8) is 0 Å². The maximum atomic E-state index is 13.7. The lowest BCUT2D eigenvalue weighted by atomic mass is 10.1. The van der Waals surface area contributed by atoms with E-state index in [1.165, 1.54) is 11.5 Å². The van der Waals surface area contributed by atoms with E-state index in [-0.39, 0.29) is 5.82 Å². The van der Waals surface area contributed by atoms with Crippen molar-refractivity contribution in [2.45, 2.75) is 13.0 Å². The third-order valence-corrected chi connectivity index (χ3v) is 4.43. The van der Waals surface area contributed by atoms with Gasteiger partial charge in [-0.1, -0.05) is 48.5 Å². The fraction of sp³-hybridized carbons (Fsp3) is 0.0952. The van der Waals surface area contributed by atoms with E-state index in [0.717, 1.165) is 16.6 Å². The molecule has 0 saturated heterocycles. The Morgan fingerprint density at radius 2 is 1.80 bits per heavy atom. The molecule has 0 aliphatic rings. The first-order valence-electron chi connectivity index (χ1n) is 8.10. The van der Waals surface area contributed by atoms with Crippen LogP contribution in [0.4, 0.5) is 4.39 Å². The molecule has 1 heterocycles. The molecule has 4 heteroatoms. The van der Waals surface area contributed by atoms with Gasteiger partial charge in [0.1, 0.15) is 17.7 Å². The molecule has 0 aliphatic heterocycles. The molecule has 0 fully saturated rings. The Morgan fingerprint density at radius 1 is 1.00 bits per heavy atom. The van der Waals surface area contributed by atoms with Crippen molar-refractivity contribution in [1.82, 2.24) is 9.97 Å². The topological polar surface area (TPSA) is 48.9 Å². The van der Waals surface area contributed by atoms with Crippen molar-refractivity contribution in [1.29, 1.82) is 0 Å². The fourth-order valence-corrected chi connectivity index (χ4v) is 2.92. The Labute approximate surface area is 144 Å². The van der Waals surface area contributed by atoms with Crippen LogP contribution in [0.1, 0.15) is 23.1 Å². The summed E-state index contributed by atoms with van der Waals surface area (Å²) in [5.74, 6) is 0.0595. The van der Waals surface area contributed by atoms with Crippen LogP contribution in [0.3, 0.4) is 0 Å². The normalized spacial score (nSPS) is 12.4. The van der Waals surface area contributed by atoms with E-state index in [1.807, 2.05) is 18.2 Å². The molecule has 1 unspecified atom stereocenters. The summed E-state index contributed by atoms with van der Waals surface area (Å²) in [4.78, 5) is 7.42. The van der Waals surface area contributed by atoms with Crippen LogP contribution in [0.2, 0.25) is 0 Å². The van der Waals surface area contributed by atoms with Gasteiger partial charge in [0.15, 0.2) is 0 Å². The highest BCUT2D eigenvalue weighted by Crippen LogP contribution is 2.26. The minimum Gasteiger partial charge on any atom is -0.380 e. The number of nitrogens with one attached hydrogen (secondary N) is 1. The largest absolute Gasteiger partial charge is 0.380 e. The predicted molar refractivity (Wildman–Crippen MR) is 96.7 cm³/mol. The van der Waals surface area contributed by atoms with Crippen LogP contribution in [0.25, 0.3) is 22.0 Å². The Morgan fingerprint density at radius 3 is 2.60 bits per heavy atom. The minimum atomic E-state index is -0.996. The summed E-state index contributed by atoms with van der Waals surface area (Å²) in [5.41, 5.74) is 2.82. The van der Waals surface area contributed by atoms with Gasteiger partial charge in [0.05, 0.1) is 11.9 Å². The van der Waals surface area contributed by atoms with Gasteiger partial charge in [-0.15, -0.1) is 0 Å². The van der Waals surface area contributed by atoms with E-state index < -0.39 is 6.10 Å². The third kappa shape index (κ3) is 2.92. The van der Waals surface area contributed by atoms with Crippen LogP contribution >= 0.6 is 0 Å². The third-order valence-electron chi connectivity index (χ3n) is 4.43. The molecule has 2 N–H and O–H groups in total. The molecular formula is C21H17FN2O. The van der Waals surface area contributed by atoms with Crippen LogP contribution in [-0.4, -0.2) is 15.1 Å². The molecule has 0 spiro atoms. The number of H-pyrrole nitrogens is 1. The molecule has 124 valence electrons. The van der Waals surface area contributed by atoms with Gasteiger partial charge in [0.25, 0.3) is 0 Å². The molecule has 25 heavy (non-hydrogen) atoms. The van der Waals surface area contributed by atoms with Crippen molar-refractivity contribution in [3.05, 3.63) is 89.6 Å². The van der Waals surface area contributed by atoms with Crippen molar-refractivity contribution in [2.24, 2.45) is 0 Å². The van der Waals surface area contributed by atoms with Crippen LogP contribution in [0, 0.1) is 12.7 Å². The van der Waals surface area contributed by atoms with Gasteiger partial charge in [-0.05, 0) is 41.0 Å². The molecule has 4 rings (SSSR count). The van der Waals surface area contributed by atoms with E-state index in [0.29, 0.717) is 17.0 Å². The maximum Gasteiger partial charge on any atom is 0.140 e. The second kappa shape index (κ2) is 6.15. The zero-order valence-corrected chi connectivity index (χ0v) is 13.7. The molecule has 3 nitrogen and oxygen atoms in total. The highest BCUT2D eigenvalue weighted by molar-refractivity contribution is 5.86. The molecule has 0 aliphatic carbocycles. The number of imidazole rings is 1. The van der Waals surface area contributed by atoms with Crippen molar-refractivity contribution in [3.8, 4) is 11.3 Å². The summed E-state index contributed by atoms with van der Waals surface area (Å²) >= 11 is 0. The fourth-order valence-electron chi connectivity index (χ4n) is 2.92. The standard InChI is InChI=1S/C21H17FN2O/c1-13-6-7-17(11-18(13)22)20(25)21-23-12-19(24-21)16-9-8-14-4-2-3-5-15(14)10-16/h2-12,20,25H,1H3,(H,23,24). The number of aromatic nitrogens is 2. The Kier molecular flexibility index (Phi) is 3.82. The minimum absolute atomic E-state index is 0.335. The number of benzene rings is 3. The van der Waals surface area contributed by atoms with Gasteiger partial charge in [-0.2, -0.15) is 0 Å². The number of hydrogen-bond acceptors (Lipinski definition) is 2. The first kappa shape index (κ1) is 15.5. The number of aromatic amines is 1. The molecule has 1 atom stereocenters. The number of aliphatic hydroxyl groups is 1. The van der Waals surface area contributed by atoms with E-state index in [1.54, 1.807) is 25.3 Å². The number of aryl methyl sites for hydroxylation is 1. The lowest BCUT2D eigenvalue weighted by molar-refractivity contribution is 0.210. The lowest BCUT2D eigenvalue weighted by Crippen LogP contribution is -2.03. The second-order valence-corrected chi connectivity index (χ2v) is 6.16. The number of aliphatic hydroxyl groups excluding tert-OH is 1. The van der Waals surface area contributed by atoms with E-state index in [9.17, 15) is 9.50 Å². The summed E-state index contributed by atoms with van der Waals surface area (Å²) in [7, 11) is 0. The molecule has 0 radical (unpaired) electrons. The van der Waals surface area contributed by atoms with E-state index in [2.05, 4.69) is 34.2 Å². The summed E-state index contributed by atoms with van der Waals surface area (Å²) in [6.07, 6.45) is 0.692. The summed E-state index contributed by atoms with van der Waals surface area (Å²) in [6.45, 7) is 1.69. The van der Waals surface area contributed by atoms with Crippen LogP contribution in [-0.2, 0) is 0 Å². The second-order valence-electron chi connectivity index (χ2n) is 6.16. The number of hydrogen-bond donors (Lipinski definition) is 2. The van der Waals surface area contributed by atoms with Crippen molar-refractivity contribution >= 4 is 10.8 Å². The first-order chi connectivity index (χ1) is 12.1. The van der Waals surface area contributed by atoms with E-state index in [4.69, 9.17) is 0 Å². The zero-order chi connectivity index (χ0) is 17.4. The molecule has 0 amide bonds. The average molecular weight is 332 g/mol. The number of fused-ring (bicyclic) bond motifs is 1. The summed E-state index contributed by atoms with van der Waals surface area (Å²) in [5, 5.41) is 12.8. The van der Waals surface area contributed by atoms with Gasteiger partial charge < -0.3 is 10.1 Å². The highest BCUT2D eigenvalue weighted by Gasteiger charge is 2.16. The number of nitrogens with zero attached hydrogens (tertiary/aromatic N) is 1. The SMILES string of the molecule is Cc1ccc(C(O)c2ncc(-c3ccc4ccccc4c3)[nH]2)cc1F. The van der Waals surface area contributed by atoms with Crippen LogP contribution in [0.15, 0.2) is 66.9 Å². The molecule has 3 aromatic carbocycles. The molecule has 4 aromatic rings. The zero-order valence-electron chi connectivity index (χ0n) is 13.7. The van der Waals surface area contributed by atoms with Gasteiger partial charge >= 0.3 is 0 Å². The van der Waals surface area contributed by atoms with Crippen LogP contribution in [0.5, 0.6) is 0 Å². The Hall–Kier alpha value is -2.98. The van der Waals surface area contributed by atoms with Gasteiger partial charge in [0.2, 0.25) is 0 Å². The lowest BCUT2D eigenvalue weighted by Gasteiger charge is -2.09. The van der Waals surface area contributed by atoms with E-state index >= 15 is 0 Å². The quantitative estimate of drug-likeness (QED) is 0.568. The van der Waals surface area contributed by atoms with Gasteiger partial charge in [0, 0.05) is 5.56 Å². The van der Waals surface area contributed by atoms with Gasteiger partial charge in [-0.25, -0.2) is 9.37 Å². The molecule has 0 saturated carbocycles. The maximum absolute atomic E-state index is 13.7. The predicted octanol–water partition coefficient (Wildman–Crippen LogP) is 4.76. The molecular weight excluding hydrogens is 315 g/mol. The molecule has 0 bridgehead atoms. The average Bonchev–Trinajstić information content (AvgIpc) is 3.13. The van der Waals surface area contributed by atoms with Crippen molar-refractivity contribution in [2.75, 3.05) is 0 Å².